The topological polar surface area (TPSA) is 114 Å². The van der Waals surface area contributed by atoms with Crippen LogP contribution in [0.15, 0.2) is 89.8 Å². The predicted octanol–water partition coefficient (Wildman–Crippen LogP) is 4.42. The number of hydrogen-bond acceptors (Lipinski definition) is 7. The lowest BCUT2D eigenvalue weighted by Gasteiger charge is -2.27. The maximum absolute atomic E-state index is 13.6. The molecule has 2 N–H and O–H groups in total. The minimum Gasteiger partial charge on any atom is -0.489 e. The third-order valence-corrected chi connectivity index (χ3v) is 7.86. The van der Waals surface area contributed by atoms with E-state index in [1.807, 2.05) is 60.7 Å². The molecule has 9 nitrogen and oxygen atoms in total. The molecule has 0 heterocycles. The molecule has 39 heavy (non-hydrogen) atoms. The molecule has 208 valence electrons. The van der Waals surface area contributed by atoms with Crippen molar-refractivity contribution in [2.45, 2.75) is 56.0 Å². The lowest BCUT2D eigenvalue weighted by molar-refractivity contribution is -0.142. The molecule has 0 aromatic heterocycles. The zero-order valence-electron chi connectivity index (χ0n) is 21.6. The fraction of sp³-hybridized carbons (Fsp3) is 0.345. The Morgan fingerprint density at radius 3 is 2.23 bits per heavy atom. The monoisotopic (exact) mass is 554 g/mol. The number of nitrogens with one attached hydrogen (secondary N) is 1. The van der Waals surface area contributed by atoms with Crippen molar-refractivity contribution in [3.63, 3.8) is 0 Å². The second-order valence-electron chi connectivity index (χ2n) is 9.35. The standard InChI is InChI=1S/C29H34N2O7S/c32-25(19-30-29(33)37-22-24-12-5-2-6-13-24)20-31(38-26-14-7-8-15-26)39(34,35)28-17-9-16-27(18-28)36-21-23-10-3-1-4-11-23/h1-6,9-13,16-18,25-26,32H,7-8,14-15,19-22H2,(H,30,33). The van der Waals surface area contributed by atoms with Crippen molar-refractivity contribution in [1.82, 2.24) is 9.79 Å². The largest absolute Gasteiger partial charge is 0.489 e. The van der Waals surface area contributed by atoms with Gasteiger partial charge in [-0.1, -0.05) is 84.0 Å². The van der Waals surface area contributed by atoms with Crippen molar-refractivity contribution in [2.75, 3.05) is 13.1 Å². The van der Waals surface area contributed by atoms with Gasteiger partial charge in [0.1, 0.15) is 19.0 Å². The van der Waals surface area contributed by atoms with Crippen molar-refractivity contribution < 1.29 is 32.6 Å². The molecule has 1 atom stereocenters. The Morgan fingerprint density at radius 2 is 1.56 bits per heavy atom. The first-order chi connectivity index (χ1) is 18.9. The number of aliphatic hydroxyl groups is 1. The summed E-state index contributed by atoms with van der Waals surface area (Å²) < 4.78 is 39.0. The molecule has 1 unspecified atom stereocenters. The fourth-order valence-electron chi connectivity index (χ4n) is 4.15. The van der Waals surface area contributed by atoms with Gasteiger partial charge < -0.3 is 19.9 Å². The van der Waals surface area contributed by atoms with E-state index in [1.165, 1.54) is 12.1 Å². The van der Waals surface area contributed by atoms with Gasteiger partial charge in [-0.15, -0.1) is 0 Å². The Balaban J connectivity index is 1.38. The van der Waals surface area contributed by atoms with E-state index in [1.54, 1.807) is 12.1 Å². The number of carbonyl (C=O) groups is 1. The van der Waals surface area contributed by atoms with Crippen LogP contribution in [0.1, 0.15) is 36.8 Å². The molecule has 1 aliphatic rings. The smallest absolute Gasteiger partial charge is 0.407 e. The predicted molar refractivity (Wildman–Crippen MR) is 145 cm³/mol. The van der Waals surface area contributed by atoms with Gasteiger partial charge in [-0.05, 0) is 36.1 Å². The lowest BCUT2D eigenvalue weighted by Crippen LogP contribution is -2.44. The summed E-state index contributed by atoms with van der Waals surface area (Å²) in [5.74, 6) is 0.393. The van der Waals surface area contributed by atoms with Gasteiger partial charge in [0.15, 0.2) is 0 Å². The summed E-state index contributed by atoms with van der Waals surface area (Å²) in [6, 6.07) is 24.9. The Hall–Kier alpha value is -3.44. The number of hydroxylamine groups is 1. The van der Waals surface area contributed by atoms with E-state index in [2.05, 4.69) is 5.32 Å². The summed E-state index contributed by atoms with van der Waals surface area (Å²) >= 11 is 0. The number of nitrogens with zero attached hydrogens (tertiary/aromatic N) is 1. The van der Waals surface area contributed by atoms with Crippen LogP contribution in [0.2, 0.25) is 0 Å². The average Bonchev–Trinajstić information content (AvgIpc) is 3.48. The van der Waals surface area contributed by atoms with Crippen molar-refractivity contribution in [3.05, 3.63) is 96.1 Å². The van der Waals surface area contributed by atoms with Crippen LogP contribution in [0.4, 0.5) is 4.79 Å². The summed E-state index contributed by atoms with van der Waals surface area (Å²) in [5.41, 5.74) is 1.78. The van der Waals surface area contributed by atoms with E-state index < -0.39 is 22.2 Å². The minimum absolute atomic E-state index is 0.0199. The van der Waals surface area contributed by atoms with E-state index in [9.17, 15) is 18.3 Å². The van der Waals surface area contributed by atoms with Crippen LogP contribution in [0.25, 0.3) is 0 Å². The number of carbonyl (C=O) groups excluding carboxylic acids is 1. The number of rotatable bonds is 13. The molecular formula is C29H34N2O7S. The number of benzene rings is 3. The van der Waals surface area contributed by atoms with Gasteiger partial charge in [0.25, 0.3) is 10.0 Å². The maximum Gasteiger partial charge on any atom is 0.407 e. The van der Waals surface area contributed by atoms with Crippen LogP contribution >= 0.6 is 0 Å². The number of aliphatic hydroxyl groups excluding tert-OH is 1. The SMILES string of the molecule is O=C(NCC(O)CN(OC1CCCC1)S(=O)(=O)c1cccc(OCc2ccccc2)c1)OCc1ccccc1. The van der Waals surface area contributed by atoms with Gasteiger partial charge in [-0.25, -0.2) is 13.2 Å². The zero-order chi connectivity index (χ0) is 27.5. The normalized spacial score (nSPS) is 14.7. The average molecular weight is 555 g/mol. The first-order valence-corrected chi connectivity index (χ1v) is 14.4. The fourth-order valence-corrected chi connectivity index (χ4v) is 5.51. The van der Waals surface area contributed by atoms with Crippen LogP contribution in [-0.4, -0.2) is 49.4 Å². The van der Waals surface area contributed by atoms with Gasteiger partial charge in [-0.2, -0.15) is 0 Å². The molecule has 1 amide bonds. The highest BCUT2D eigenvalue weighted by molar-refractivity contribution is 7.89. The summed E-state index contributed by atoms with van der Waals surface area (Å²) in [5, 5.41) is 13.1. The number of alkyl carbamates (subject to hydrolysis) is 1. The Kier molecular flexibility index (Phi) is 10.3. The summed E-state index contributed by atoms with van der Waals surface area (Å²) in [6.45, 7) is -0.213. The van der Waals surface area contributed by atoms with E-state index >= 15 is 0 Å². The molecule has 0 aliphatic heterocycles. The van der Waals surface area contributed by atoms with E-state index in [0.29, 0.717) is 5.75 Å². The highest BCUT2D eigenvalue weighted by Crippen LogP contribution is 2.27. The van der Waals surface area contributed by atoms with Crippen molar-refractivity contribution in [3.8, 4) is 5.75 Å². The molecule has 4 rings (SSSR count). The third kappa shape index (κ3) is 8.79. The molecule has 0 spiro atoms. The quantitative estimate of drug-likeness (QED) is 0.301. The molecule has 1 saturated carbocycles. The van der Waals surface area contributed by atoms with E-state index in [-0.39, 0.29) is 37.3 Å². The zero-order valence-corrected chi connectivity index (χ0v) is 22.5. The van der Waals surface area contributed by atoms with Crippen molar-refractivity contribution >= 4 is 16.1 Å². The van der Waals surface area contributed by atoms with Gasteiger partial charge in [0.05, 0.1) is 23.6 Å². The van der Waals surface area contributed by atoms with E-state index in [4.69, 9.17) is 14.3 Å². The van der Waals surface area contributed by atoms with Crippen molar-refractivity contribution in [2.24, 2.45) is 0 Å². The molecule has 0 bridgehead atoms. The number of amides is 1. The second kappa shape index (κ2) is 14.1. The molecule has 0 radical (unpaired) electrons. The summed E-state index contributed by atoms with van der Waals surface area (Å²) in [7, 11) is -4.15. The second-order valence-corrected chi connectivity index (χ2v) is 11.2. The van der Waals surface area contributed by atoms with Gasteiger partial charge in [0, 0.05) is 12.6 Å². The van der Waals surface area contributed by atoms with Gasteiger partial charge in [0.2, 0.25) is 0 Å². The van der Waals surface area contributed by atoms with E-state index in [0.717, 1.165) is 41.3 Å². The van der Waals surface area contributed by atoms with Crippen molar-refractivity contribution in [1.29, 1.82) is 0 Å². The van der Waals surface area contributed by atoms with Crippen LogP contribution in [-0.2, 0) is 32.8 Å². The molecule has 10 heteroatoms. The van der Waals surface area contributed by atoms with Gasteiger partial charge in [-0.3, -0.25) is 4.84 Å². The molecule has 3 aromatic rings. The molecule has 1 aliphatic carbocycles. The van der Waals surface area contributed by atoms with Crippen LogP contribution < -0.4 is 10.1 Å². The highest BCUT2D eigenvalue weighted by Gasteiger charge is 2.32. The van der Waals surface area contributed by atoms with Gasteiger partial charge >= 0.3 is 6.09 Å². The van der Waals surface area contributed by atoms with Crippen LogP contribution in [0.5, 0.6) is 5.75 Å². The number of hydrogen-bond donors (Lipinski definition) is 2. The number of sulfonamides is 1. The minimum atomic E-state index is -4.15. The highest BCUT2D eigenvalue weighted by atomic mass is 32.2. The molecular weight excluding hydrogens is 520 g/mol. The number of ether oxygens (including phenoxy) is 2. The Morgan fingerprint density at radius 1 is 0.923 bits per heavy atom. The summed E-state index contributed by atoms with van der Waals surface area (Å²) in [6.07, 6.45) is 1.12. The van der Waals surface area contributed by atoms with Crippen LogP contribution in [0.3, 0.4) is 0 Å². The first-order valence-electron chi connectivity index (χ1n) is 13.0. The maximum atomic E-state index is 13.6. The first kappa shape index (κ1) is 28.6. The molecule has 0 saturated heterocycles. The Labute approximate surface area is 229 Å². The van der Waals surface area contributed by atoms with Crippen LogP contribution in [0, 0.1) is 0 Å². The Bertz CT molecular complexity index is 1280. The molecule has 1 fully saturated rings. The molecule has 3 aromatic carbocycles. The summed E-state index contributed by atoms with van der Waals surface area (Å²) in [4.78, 5) is 17.9. The third-order valence-electron chi connectivity index (χ3n) is 6.24. The lowest BCUT2D eigenvalue weighted by atomic mass is 10.2.